The van der Waals surface area contributed by atoms with Gasteiger partial charge in [-0.3, -0.25) is 4.90 Å². The van der Waals surface area contributed by atoms with Crippen LogP contribution in [0.1, 0.15) is 12.0 Å². The van der Waals surface area contributed by atoms with Gasteiger partial charge >= 0.3 is 0 Å². The van der Waals surface area contributed by atoms with Crippen molar-refractivity contribution in [3.63, 3.8) is 0 Å². The Morgan fingerprint density at radius 1 is 1.17 bits per heavy atom. The Kier molecular flexibility index (Phi) is 3.43. The van der Waals surface area contributed by atoms with Crippen LogP contribution in [0.4, 0.5) is 5.95 Å². The van der Waals surface area contributed by atoms with Gasteiger partial charge in [0, 0.05) is 44.6 Å². The maximum absolute atomic E-state index is 5.40. The Morgan fingerprint density at radius 2 is 1.89 bits per heavy atom. The molecule has 3 heterocycles. The summed E-state index contributed by atoms with van der Waals surface area (Å²) in [6.45, 7) is 7.99. The number of hydrogen-bond donors (Lipinski definition) is 0. The molecule has 0 spiro atoms. The van der Waals surface area contributed by atoms with Crippen molar-refractivity contribution in [2.45, 2.75) is 19.4 Å². The lowest BCUT2D eigenvalue weighted by atomic mass is 10.2. The largest absolute Gasteiger partial charge is 0.379 e. The summed E-state index contributed by atoms with van der Waals surface area (Å²) in [5.41, 5.74) is 1.11. The summed E-state index contributed by atoms with van der Waals surface area (Å²) in [6.07, 6.45) is 4.99. The van der Waals surface area contributed by atoms with Gasteiger partial charge in [-0.25, -0.2) is 9.97 Å². The molecule has 2 fully saturated rings. The van der Waals surface area contributed by atoms with E-state index in [1.54, 1.807) is 0 Å². The van der Waals surface area contributed by atoms with Crippen molar-refractivity contribution in [1.29, 1.82) is 0 Å². The van der Waals surface area contributed by atoms with Crippen molar-refractivity contribution in [2.75, 3.05) is 44.3 Å². The first-order valence-electron chi connectivity index (χ1n) is 6.68. The molecule has 2 saturated heterocycles. The summed E-state index contributed by atoms with van der Waals surface area (Å²) in [5.74, 6) is 0.872. The monoisotopic (exact) mass is 248 g/mol. The predicted octanol–water partition coefficient (Wildman–Crippen LogP) is 0.696. The van der Waals surface area contributed by atoms with E-state index in [0.717, 1.165) is 50.9 Å². The SMILES string of the molecule is Cc1cnc(N2CCC(N3CCOCC3)C2)nc1. The van der Waals surface area contributed by atoms with Crippen LogP contribution in [-0.4, -0.2) is 60.3 Å². The third-order valence-electron chi connectivity index (χ3n) is 3.78. The maximum atomic E-state index is 5.40. The fourth-order valence-electron chi connectivity index (χ4n) is 2.71. The van der Waals surface area contributed by atoms with Crippen LogP contribution in [0.15, 0.2) is 12.4 Å². The highest BCUT2D eigenvalue weighted by Gasteiger charge is 2.29. The van der Waals surface area contributed by atoms with Gasteiger partial charge in [0.25, 0.3) is 0 Å². The van der Waals surface area contributed by atoms with E-state index in [0.29, 0.717) is 6.04 Å². The van der Waals surface area contributed by atoms with Crippen LogP contribution in [-0.2, 0) is 4.74 Å². The Balaban J connectivity index is 1.62. The van der Waals surface area contributed by atoms with Crippen LogP contribution < -0.4 is 4.90 Å². The number of aryl methyl sites for hydroxylation is 1. The molecule has 0 aliphatic carbocycles. The standard InChI is InChI=1S/C13H20N4O/c1-11-8-14-13(15-9-11)17-3-2-12(10-17)16-4-6-18-7-5-16/h8-9,12H,2-7,10H2,1H3. The normalized spacial score (nSPS) is 25.6. The highest BCUT2D eigenvalue weighted by Crippen LogP contribution is 2.20. The Labute approximate surface area is 108 Å². The molecule has 1 aromatic heterocycles. The molecule has 3 rings (SSSR count). The fraction of sp³-hybridized carbons (Fsp3) is 0.692. The lowest BCUT2D eigenvalue weighted by Gasteiger charge is -2.32. The summed E-state index contributed by atoms with van der Waals surface area (Å²) in [6, 6.07) is 0.638. The Morgan fingerprint density at radius 3 is 2.61 bits per heavy atom. The molecule has 1 unspecified atom stereocenters. The molecule has 0 aromatic carbocycles. The molecule has 5 nitrogen and oxygen atoms in total. The van der Waals surface area contributed by atoms with E-state index in [9.17, 15) is 0 Å². The quantitative estimate of drug-likeness (QED) is 0.770. The number of aromatic nitrogens is 2. The van der Waals surface area contributed by atoms with Gasteiger partial charge in [0.15, 0.2) is 0 Å². The lowest BCUT2D eigenvalue weighted by molar-refractivity contribution is 0.0209. The van der Waals surface area contributed by atoms with E-state index >= 15 is 0 Å². The summed E-state index contributed by atoms with van der Waals surface area (Å²) in [7, 11) is 0. The molecule has 98 valence electrons. The first-order chi connectivity index (χ1) is 8.83. The predicted molar refractivity (Wildman–Crippen MR) is 69.8 cm³/mol. The number of anilines is 1. The van der Waals surface area contributed by atoms with Crippen LogP contribution in [0.3, 0.4) is 0 Å². The van der Waals surface area contributed by atoms with Gasteiger partial charge in [0.2, 0.25) is 5.95 Å². The maximum Gasteiger partial charge on any atom is 0.225 e. The summed E-state index contributed by atoms with van der Waals surface area (Å²) >= 11 is 0. The summed E-state index contributed by atoms with van der Waals surface area (Å²) in [4.78, 5) is 13.7. The van der Waals surface area contributed by atoms with Gasteiger partial charge in [-0.05, 0) is 18.9 Å². The van der Waals surface area contributed by atoms with Crippen molar-refractivity contribution in [3.8, 4) is 0 Å². The molecule has 0 N–H and O–H groups in total. The summed E-state index contributed by atoms with van der Waals surface area (Å²) < 4.78 is 5.40. The van der Waals surface area contributed by atoms with E-state index in [2.05, 4.69) is 19.8 Å². The molecule has 5 heteroatoms. The number of nitrogens with zero attached hydrogens (tertiary/aromatic N) is 4. The molecule has 0 bridgehead atoms. The second-order valence-electron chi connectivity index (χ2n) is 5.10. The van der Waals surface area contributed by atoms with Crippen molar-refractivity contribution in [1.82, 2.24) is 14.9 Å². The zero-order valence-electron chi connectivity index (χ0n) is 10.9. The zero-order chi connectivity index (χ0) is 12.4. The minimum Gasteiger partial charge on any atom is -0.379 e. The average molecular weight is 248 g/mol. The van der Waals surface area contributed by atoms with Gasteiger partial charge < -0.3 is 9.64 Å². The fourth-order valence-corrected chi connectivity index (χ4v) is 2.71. The van der Waals surface area contributed by atoms with Crippen LogP contribution >= 0.6 is 0 Å². The first-order valence-corrected chi connectivity index (χ1v) is 6.68. The minimum absolute atomic E-state index is 0.638. The zero-order valence-corrected chi connectivity index (χ0v) is 10.9. The van der Waals surface area contributed by atoms with Gasteiger partial charge in [0.1, 0.15) is 0 Å². The Hall–Kier alpha value is -1.20. The average Bonchev–Trinajstić information content (AvgIpc) is 2.90. The smallest absolute Gasteiger partial charge is 0.225 e. The number of rotatable bonds is 2. The van der Waals surface area contributed by atoms with E-state index in [1.165, 1.54) is 6.42 Å². The third-order valence-corrected chi connectivity index (χ3v) is 3.78. The minimum atomic E-state index is 0.638. The van der Waals surface area contributed by atoms with Gasteiger partial charge in [-0.1, -0.05) is 0 Å². The van der Waals surface area contributed by atoms with E-state index in [-0.39, 0.29) is 0 Å². The van der Waals surface area contributed by atoms with Crippen molar-refractivity contribution in [3.05, 3.63) is 18.0 Å². The highest BCUT2D eigenvalue weighted by atomic mass is 16.5. The van der Waals surface area contributed by atoms with Gasteiger partial charge in [-0.2, -0.15) is 0 Å². The molecular formula is C13H20N4O. The van der Waals surface area contributed by atoms with Gasteiger partial charge in [0.05, 0.1) is 13.2 Å². The van der Waals surface area contributed by atoms with Crippen molar-refractivity contribution < 1.29 is 4.74 Å². The van der Waals surface area contributed by atoms with Crippen molar-refractivity contribution >= 4 is 5.95 Å². The van der Waals surface area contributed by atoms with Gasteiger partial charge in [-0.15, -0.1) is 0 Å². The molecule has 0 radical (unpaired) electrons. The van der Waals surface area contributed by atoms with Crippen molar-refractivity contribution in [2.24, 2.45) is 0 Å². The van der Waals surface area contributed by atoms with Crippen LogP contribution in [0.25, 0.3) is 0 Å². The molecular weight excluding hydrogens is 228 g/mol. The van der Waals surface area contributed by atoms with E-state index < -0.39 is 0 Å². The topological polar surface area (TPSA) is 41.5 Å². The number of morpholine rings is 1. The van der Waals surface area contributed by atoms with Crippen LogP contribution in [0.2, 0.25) is 0 Å². The van der Waals surface area contributed by atoms with E-state index in [4.69, 9.17) is 4.74 Å². The molecule has 18 heavy (non-hydrogen) atoms. The number of ether oxygens (including phenoxy) is 1. The molecule has 1 aromatic rings. The molecule has 0 amide bonds. The molecule has 0 saturated carbocycles. The number of hydrogen-bond acceptors (Lipinski definition) is 5. The third kappa shape index (κ3) is 2.47. The Bertz CT molecular complexity index is 388. The van der Waals surface area contributed by atoms with E-state index in [1.807, 2.05) is 19.3 Å². The molecule has 1 atom stereocenters. The summed E-state index contributed by atoms with van der Waals surface area (Å²) in [5, 5.41) is 0. The second kappa shape index (κ2) is 5.20. The second-order valence-corrected chi connectivity index (χ2v) is 5.10. The molecule has 2 aliphatic rings. The lowest BCUT2D eigenvalue weighted by Crippen LogP contribution is -2.44. The highest BCUT2D eigenvalue weighted by molar-refractivity contribution is 5.32. The molecule has 2 aliphatic heterocycles. The van der Waals surface area contributed by atoms with Crippen LogP contribution in [0.5, 0.6) is 0 Å². The first kappa shape index (κ1) is 11.9. The van der Waals surface area contributed by atoms with Crippen LogP contribution in [0, 0.1) is 6.92 Å².